The standard InChI is InChI=1S/C31H35N5O3/c1-35-30(21-36-12-14-38-15-13-36)29(20-34-35)23-2-3-24-19-33-26(17-25(24)16-23)18-31(37)22-4-6-27(7-5-22)39-28-8-10-32-11-9-28/h2-7,16-17,19-20,28,32H,8-15,18,21H2,1H3. The predicted octanol–water partition coefficient (Wildman–Crippen LogP) is 4.02. The highest BCUT2D eigenvalue weighted by atomic mass is 16.5. The number of piperidine rings is 1. The molecule has 2 aromatic heterocycles. The lowest BCUT2D eigenvalue weighted by Crippen LogP contribution is -2.36. The number of hydrogen-bond donors (Lipinski definition) is 1. The van der Waals surface area contributed by atoms with Crippen LogP contribution in [0, 0.1) is 0 Å². The Morgan fingerprint density at radius 3 is 2.62 bits per heavy atom. The molecule has 0 aliphatic carbocycles. The average Bonchev–Trinajstić information content (AvgIpc) is 3.33. The van der Waals surface area contributed by atoms with Gasteiger partial charge in [-0.05, 0) is 73.3 Å². The molecule has 4 aromatic rings. The molecule has 0 amide bonds. The van der Waals surface area contributed by atoms with Gasteiger partial charge in [-0.15, -0.1) is 0 Å². The van der Waals surface area contributed by atoms with Crippen LogP contribution in [0.25, 0.3) is 21.9 Å². The largest absolute Gasteiger partial charge is 0.490 e. The van der Waals surface area contributed by atoms with E-state index in [-0.39, 0.29) is 18.3 Å². The van der Waals surface area contributed by atoms with Crippen LogP contribution in [0.2, 0.25) is 0 Å². The molecule has 4 heterocycles. The summed E-state index contributed by atoms with van der Waals surface area (Å²) in [6.45, 7) is 6.21. The summed E-state index contributed by atoms with van der Waals surface area (Å²) in [7, 11) is 2.00. The first-order valence-electron chi connectivity index (χ1n) is 13.8. The Labute approximate surface area is 228 Å². The lowest BCUT2D eigenvalue weighted by molar-refractivity contribution is 0.0332. The number of benzene rings is 2. The van der Waals surface area contributed by atoms with E-state index in [2.05, 4.69) is 38.5 Å². The molecule has 39 heavy (non-hydrogen) atoms. The van der Waals surface area contributed by atoms with E-state index in [4.69, 9.17) is 9.47 Å². The van der Waals surface area contributed by atoms with Crippen molar-refractivity contribution in [3.8, 4) is 16.9 Å². The maximum atomic E-state index is 13.1. The molecule has 0 atom stereocenters. The van der Waals surface area contributed by atoms with Crippen LogP contribution < -0.4 is 10.1 Å². The fourth-order valence-corrected chi connectivity index (χ4v) is 5.41. The summed E-state index contributed by atoms with van der Waals surface area (Å²) < 4.78 is 13.6. The monoisotopic (exact) mass is 525 g/mol. The smallest absolute Gasteiger partial charge is 0.168 e. The van der Waals surface area contributed by atoms with Gasteiger partial charge in [0.1, 0.15) is 11.9 Å². The number of carbonyl (C=O) groups is 1. The van der Waals surface area contributed by atoms with Crippen molar-refractivity contribution < 1.29 is 14.3 Å². The number of ether oxygens (including phenoxy) is 2. The van der Waals surface area contributed by atoms with E-state index in [1.54, 1.807) is 0 Å². The van der Waals surface area contributed by atoms with Gasteiger partial charge in [0.15, 0.2) is 5.78 Å². The zero-order valence-electron chi connectivity index (χ0n) is 22.4. The van der Waals surface area contributed by atoms with Crippen molar-refractivity contribution in [2.75, 3.05) is 39.4 Å². The first-order valence-corrected chi connectivity index (χ1v) is 13.8. The minimum atomic E-state index is 0.0477. The Hall–Kier alpha value is -3.59. The van der Waals surface area contributed by atoms with E-state index in [9.17, 15) is 4.79 Å². The third-order valence-electron chi connectivity index (χ3n) is 7.73. The number of morpholine rings is 1. The highest BCUT2D eigenvalue weighted by Crippen LogP contribution is 2.28. The number of Topliss-reactive ketones (excluding diaryl/α,β-unsaturated/α-hetero) is 1. The zero-order chi connectivity index (χ0) is 26.6. The van der Waals surface area contributed by atoms with Crippen LogP contribution in [-0.2, 0) is 24.8 Å². The second kappa shape index (κ2) is 11.7. The quantitative estimate of drug-likeness (QED) is 0.348. The summed E-state index contributed by atoms with van der Waals surface area (Å²) in [5.74, 6) is 0.865. The minimum absolute atomic E-state index is 0.0477. The lowest BCUT2D eigenvalue weighted by atomic mass is 10.0. The summed E-state index contributed by atoms with van der Waals surface area (Å²) in [5, 5.41) is 10.0. The molecule has 0 unspecified atom stereocenters. The SMILES string of the molecule is Cn1ncc(-c2ccc3cnc(CC(=O)c4ccc(OC5CCNCC5)cc4)cc3c2)c1CN1CCOCC1. The molecule has 2 aliphatic rings. The number of hydrogen-bond acceptors (Lipinski definition) is 7. The van der Waals surface area contributed by atoms with Gasteiger partial charge in [-0.2, -0.15) is 5.10 Å². The molecule has 8 nitrogen and oxygen atoms in total. The topological polar surface area (TPSA) is 81.5 Å². The second-order valence-electron chi connectivity index (χ2n) is 10.4. The molecule has 0 bridgehead atoms. The number of nitrogens with zero attached hydrogens (tertiary/aromatic N) is 4. The summed E-state index contributed by atoms with van der Waals surface area (Å²) in [6, 6.07) is 15.9. The fourth-order valence-electron chi connectivity index (χ4n) is 5.41. The Morgan fingerprint density at radius 1 is 1.03 bits per heavy atom. The molecular formula is C31H35N5O3. The van der Waals surface area contributed by atoms with Gasteiger partial charge in [0.2, 0.25) is 0 Å². The van der Waals surface area contributed by atoms with Crippen LogP contribution in [0.1, 0.15) is 34.6 Å². The van der Waals surface area contributed by atoms with Crippen LogP contribution >= 0.6 is 0 Å². The molecule has 8 heteroatoms. The maximum absolute atomic E-state index is 13.1. The number of pyridine rings is 1. The third kappa shape index (κ3) is 6.03. The normalized spacial score (nSPS) is 16.9. The number of nitrogens with one attached hydrogen (secondary N) is 1. The molecule has 202 valence electrons. The number of aryl methyl sites for hydroxylation is 1. The van der Waals surface area contributed by atoms with Crippen LogP contribution in [0.5, 0.6) is 5.75 Å². The minimum Gasteiger partial charge on any atom is -0.490 e. The van der Waals surface area contributed by atoms with Gasteiger partial charge in [-0.3, -0.25) is 19.4 Å². The van der Waals surface area contributed by atoms with Crippen LogP contribution in [-0.4, -0.2) is 70.9 Å². The van der Waals surface area contributed by atoms with Crippen molar-refractivity contribution in [3.05, 3.63) is 77.9 Å². The van der Waals surface area contributed by atoms with Crippen LogP contribution in [0.15, 0.2) is 60.9 Å². The Bertz CT molecular complexity index is 1440. The van der Waals surface area contributed by atoms with Crippen LogP contribution in [0.4, 0.5) is 0 Å². The van der Waals surface area contributed by atoms with Gasteiger partial charge in [0.05, 0.1) is 31.5 Å². The summed E-state index contributed by atoms with van der Waals surface area (Å²) >= 11 is 0. The molecule has 0 saturated carbocycles. The molecule has 2 aromatic carbocycles. The van der Waals surface area contributed by atoms with Crippen LogP contribution in [0.3, 0.4) is 0 Å². The number of fused-ring (bicyclic) bond motifs is 1. The first-order chi connectivity index (χ1) is 19.1. The molecule has 1 N–H and O–H groups in total. The first kappa shape index (κ1) is 25.7. The van der Waals surface area contributed by atoms with Gasteiger partial charge in [0, 0.05) is 55.1 Å². The van der Waals surface area contributed by atoms with Gasteiger partial charge in [-0.25, -0.2) is 0 Å². The highest BCUT2D eigenvalue weighted by Gasteiger charge is 2.18. The Kier molecular flexibility index (Phi) is 7.67. The Morgan fingerprint density at radius 2 is 1.82 bits per heavy atom. The highest BCUT2D eigenvalue weighted by molar-refractivity contribution is 5.98. The molecular weight excluding hydrogens is 490 g/mol. The molecule has 0 spiro atoms. The van der Waals surface area contributed by atoms with Crippen molar-refractivity contribution in [1.82, 2.24) is 25.0 Å². The van der Waals surface area contributed by atoms with E-state index in [1.807, 2.05) is 54.5 Å². The van der Waals surface area contributed by atoms with Crippen molar-refractivity contribution in [2.24, 2.45) is 7.05 Å². The number of aromatic nitrogens is 3. The average molecular weight is 526 g/mol. The molecule has 6 rings (SSSR count). The van der Waals surface area contributed by atoms with E-state index < -0.39 is 0 Å². The van der Waals surface area contributed by atoms with Crippen molar-refractivity contribution in [2.45, 2.75) is 31.9 Å². The maximum Gasteiger partial charge on any atom is 0.168 e. The van der Waals surface area contributed by atoms with E-state index >= 15 is 0 Å². The fraction of sp³-hybridized carbons (Fsp3) is 0.387. The van der Waals surface area contributed by atoms with Crippen molar-refractivity contribution in [3.63, 3.8) is 0 Å². The zero-order valence-corrected chi connectivity index (χ0v) is 22.4. The van der Waals surface area contributed by atoms with Gasteiger partial charge in [0.25, 0.3) is 0 Å². The van der Waals surface area contributed by atoms with E-state index in [0.717, 1.165) is 92.1 Å². The number of rotatable bonds is 8. The Balaban J connectivity index is 1.17. The molecule has 0 radical (unpaired) electrons. The van der Waals surface area contributed by atoms with Crippen molar-refractivity contribution >= 4 is 16.6 Å². The summed E-state index contributed by atoms with van der Waals surface area (Å²) in [6.07, 6.45) is 6.31. The molecule has 2 fully saturated rings. The number of ketones is 1. The predicted molar refractivity (Wildman–Crippen MR) is 151 cm³/mol. The second-order valence-corrected chi connectivity index (χ2v) is 10.4. The van der Waals surface area contributed by atoms with E-state index in [0.29, 0.717) is 5.56 Å². The third-order valence-corrected chi connectivity index (χ3v) is 7.73. The summed E-state index contributed by atoms with van der Waals surface area (Å²) in [4.78, 5) is 20.1. The van der Waals surface area contributed by atoms with Crippen molar-refractivity contribution in [1.29, 1.82) is 0 Å². The molecule has 2 aliphatic heterocycles. The van der Waals surface area contributed by atoms with Gasteiger partial charge < -0.3 is 14.8 Å². The lowest BCUT2D eigenvalue weighted by Gasteiger charge is -2.27. The summed E-state index contributed by atoms with van der Waals surface area (Å²) in [5.41, 5.74) is 4.87. The van der Waals surface area contributed by atoms with Gasteiger partial charge >= 0.3 is 0 Å². The van der Waals surface area contributed by atoms with E-state index in [1.165, 1.54) is 5.69 Å². The number of carbonyl (C=O) groups excluding carboxylic acids is 1. The van der Waals surface area contributed by atoms with Gasteiger partial charge in [-0.1, -0.05) is 12.1 Å². The molecule has 2 saturated heterocycles.